The normalized spacial score (nSPS) is 10.6. The van der Waals surface area contributed by atoms with Crippen LogP contribution in [0.25, 0.3) is 11.4 Å². The van der Waals surface area contributed by atoms with E-state index < -0.39 is 0 Å². The molecule has 0 amide bonds. The van der Waals surface area contributed by atoms with E-state index in [4.69, 9.17) is 10.5 Å². The van der Waals surface area contributed by atoms with Gasteiger partial charge in [0.05, 0.1) is 0 Å². The fourth-order valence-electron chi connectivity index (χ4n) is 2.32. The molecule has 0 radical (unpaired) electrons. The second kappa shape index (κ2) is 5.89. The number of hydrogen-bond acceptors (Lipinski definition) is 4. The van der Waals surface area contributed by atoms with Gasteiger partial charge in [-0.3, -0.25) is 0 Å². The Labute approximate surface area is 129 Å². The van der Waals surface area contributed by atoms with Crippen LogP contribution in [0.15, 0.2) is 48.8 Å². The zero-order valence-electron chi connectivity index (χ0n) is 12.7. The number of nitrogen functional groups attached to an aromatic ring is 1. The van der Waals surface area contributed by atoms with E-state index in [1.54, 1.807) is 18.3 Å². The Morgan fingerprint density at radius 3 is 2.82 bits per heavy atom. The number of anilines is 1. The molecule has 0 spiro atoms. The Morgan fingerprint density at radius 2 is 2.09 bits per heavy atom. The average molecular weight is 294 g/mol. The van der Waals surface area contributed by atoms with Crippen molar-refractivity contribution in [2.24, 2.45) is 7.05 Å². The third-order valence-corrected chi connectivity index (χ3v) is 3.44. The van der Waals surface area contributed by atoms with Crippen molar-refractivity contribution in [1.82, 2.24) is 14.5 Å². The third-order valence-electron chi connectivity index (χ3n) is 3.44. The zero-order valence-corrected chi connectivity index (χ0v) is 12.7. The lowest BCUT2D eigenvalue weighted by Gasteiger charge is -2.06. The van der Waals surface area contributed by atoms with Crippen LogP contribution < -0.4 is 10.5 Å². The van der Waals surface area contributed by atoms with Crippen LogP contribution in [0.1, 0.15) is 12.6 Å². The number of ether oxygens (including phenoxy) is 1. The lowest BCUT2D eigenvalue weighted by Crippen LogP contribution is -1.93. The summed E-state index contributed by atoms with van der Waals surface area (Å²) in [5, 5.41) is 0. The van der Waals surface area contributed by atoms with Crippen LogP contribution >= 0.6 is 0 Å². The van der Waals surface area contributed by atoms with Crippen LogP contribution in [0.2, 0.25) is 0 Å². The molecular weight excluding hydrogens is 276 g/mol. The molecule has 22 heavy (non-hydrogen) atoms. The van der Waals surface area contributed by atoms with Gasteiger partial charge in [-0.05, 0) is 24.6 Å². The maximum Gasteiger partial charge on any atom is 0.222 e. The Morgan fingerprint density at radius 1 is 1.23 bits per heavy atom. The van der Waals surface area contributed by atoms with Crippen molar-refractivity contribution < 1.29 is 4.74 Å². The van der Waals surface area contributed by atoms with Crippen molar-refractivity contribution in [2.45, 2.75) is 13.3 Å². The van der Waals surface area contributed by atoms with Gasteiger partial charge in [0.25, 0.3) is 0 Å². The Bertz CT molecular complexity index is 795. The molecule has 0 fully saturated rings. The van der Waals surface area contributed by atoms with Gasteiger partial charge < -0.3 is 15.0 Å². The minimum atomic E-state index is 0.498. The summed E-state index contributed by atoms with van der Waals surface area (Å²) in [6.45, 7) is 2.12. The highest BCUT2D eigenvalue weighted by molar-refractivity contribution is 5.56. The van der Waals surface area contributed by atoms with Crippen LogP contribution in [0, 0.1) is 0 Å². The largest absolute Gasteiger partial charge is 0.439 e. The zero-order chi connectivity index (χ0) is 15.5. The number of hydrogen-bond donors (Lipinski definition) is 1. The van der Waals surface area contributed by atoms with Crippen LogP contribution in [0.3, 0.4) is 0 Å². The van der Waals surface area contributed by atoms with Crippen molar-refractivity contribution in [3.05, 3.63) is 54.5 Å². The van der Waals surface area contributed by atoms with Gasteiger partial charge >= 0.3 is 0 Å². The highest BCUT2D eigenvalue weighted by Crippen LogP contribution is 2.24. The monoisotopic (exact) mass is 294 g/mol. The van der Waals surface area contributed by atoms with Gasteiger partial charge in [0, 0.05) is 48.5 Å². The lowest BCUT2D eigenvalue weighted by atomic mass is 10.2. The Kier molecular flexibility index (Phi) is 3.78. The van der Waals surface area contributed by atoms with Gasteiger partial charge in [-0.25, -0.2) is 4.98 Å². The SMILES string of the molecule is CCc1cc(-c2nccc(Oc3cccc(N)c3)n2)cn1C. The van der Waals surface area contributed by atoms with Crippen molar-refractivity contribution in [1.29, 1.82) is 0 Å². The molecule has 0 atom stereocenters. The van der Waals surface area contributed by atoms with E-state index in [1.807, 2.05) is 31.4 Å². The van der Waals surface area contributed by atoms with Crippen LogP contribution in [-0.2, 0) is 13.5 Å². The van der Waals surface area contributed by atoms with Crippen LogP contribution in [0.5, 0.6) is 11.6 Å². The molecule has 112 valence electrons. The first kappa shape index (κ1) is 14.1. The molecule has 5 nitrogen and oxygen atoms in total. The molecule has 2 aromatic heterocycles. The quantitative estimate of drug-likeness (QED) is 0.749. The second-order valence-corrected chi connectivity index (χ2v) is 5.08. The van der Waals surface area contributed by atoms with E-state index in [-0.39, 0.29) is 0 Å². The van der Waals surface area contributed by atoms with Crippen molar-refractivity contribution in [3.8, 4) is 23.0 Å². The second-order valence-electron chi connectivity index (χ2n) is 5.08. The summed E-state index contributed by atoms with van der Waals surface area (Å²) in [6.07, 6.45) is 4.69. The van der Waals surface area contributed by atoms with E-state index in [0.29, 0.717) is 23.1 Å². The fourth-order valence-corrected chi connectivity index (χ4v) is 2.32. The number of nitrogens with zero attached hydrogens (tertiary/aromatic N) is 3. The van der Waals surface area contributed by atoms with Crippen molar-refractivity contribution >= 4 is 5.69 Å². The highest BCUT2D eigenvalue weighted by Gasteiger charge is 2.08. The molecule has 0 bridgehead atoms. The molecule has 0 unspecified atom stereocenters. The summed E-state index contributed by atoms with van der Waals surface area (Å²) in [7, 11) is 2.02. The molecule has 2 N–H and O–H groups in total. The summed E-state index contributed by atoms with van der Waals surface area (Å²) >= 11 is 0. The molecule has 3 rings (SSSR count). The van der Waals surface area contributed by atoms with Crippen molar-refractivity contribution in [3.63, 3.8) is 0 Å². The van der Waals surface area contributed by atoms with E-state index in [1.165, 1.54) is 5.69 Å². The van der Waals surface area contributed by atoms with E-state index in [2.05, 4.69) is 27.5 Å². The highest BCUT2D eigenvalue weighted by atomic mass is 16.5. The minimum Gasteiger partial charge on any atom is -0.439 e. The number of nitrogens with two attached hydrogens (primary N) is 1. The molecule has 0 saturated carbocycles. The Balaban J connectivity index is 1.89. The molecule has 0 aliphatic heterocycles. The number of aromatic nitrogens is 3. The third kappa shape index (κ3) is 2.93. The maximum absolute atomic E-state index is 5.75. The molecule has 0 aliphatic carbocycles. The molecule has 5 heteroatoms. The first-order chi connectivity index (χ1) is 10.7. The fraction of sp³-hybridized carbons (Fsp3) is 0.176. The van der Waals surface area contributed by atoms with E-state index in [0.717, 1.165) is 12.0 Å². The summed E-state index contributed by atoms with van der Waals surface area (Å²) < 4.78 is 7.83. The minimum absolute atomic E-state index is 0.498. The summed E-state index contributed by atoms with van der Waals surface area (Å²) in [5.74, 6) is 1.81. The first-order valence-corrected chi connectivity index (χ1v) is 7.18. The van der Waals surface area contributed by atoms with Gasteiger partial charge in [0.2, 0.25) is 5.88 Å². The summed E-state index contributed by atoms with van der Waals surface area (Å²) in [4.78, 5) is 8.80. The molecule has 0 aliphatic rings. The summed E-state index contributed by atoms with van der Waals surface area (Å²) in [6, 6.07) is 11.1. The first-order valence-electron chi connectivity index (χ1n) is 7.18. The molecule has 0 saturated heterocycles. The number of rotatable bonds is 4. The van der Waals surface area contributed by atoms with Gasteiger partial charge in [-0.2, -0.15) is 4.98 Å². The van der Waals surface area contributed by atoms with Gasteiger partial charge in [0.15, 0.2) is 5.82 Å². The predicted octanol–water partition coefficient (Wildman–Crippen LogP) is 3.42. The van der Waals surface area contributed by atoms with Crippen LogP contribution in [-0.4, -0.2) is 14.5 Å². The standard InChI is InChI=1S/C17H18N4O/c1-3-14-9-12(11-21(14)2)17-19-8-7-16(20-17)22-15-6-4-5-13(18)10-15/h4-11H,3,18H2,1-2H3. The van der Waals surface area contributed by atoms with Gasteiger partial charge in [-0.15, -0.1) is 0 Å². The molecule has 1 aromatic carbocycles. The molecule has 2 heterocycles. The average Bonchev–Trinajstić information content (AvgIpc) is 2.89. The van der Waals surface area contributed by atoms with Gasteiger partial charge in [-0.1, -0.05) is 13.0 Å². The van der Waals surface area contributed by atoms with Crippen LogP contribution in [0.4, 0.5) is 5.69 Å². The number of aryl methyl sites for hydroxylation is 2. The topological polar surface area (TPSA) is 66.0 Å². The van der Waals surface area contributed by atoms with E-state index >= 15 is 0 Å². The predicted molar refractivity (Wildman–Crippen MR) is 86.7 cm³/mol. The lowest BCUT2D eigenvalue weighted by molar-refractivity contribution is 0.462. The Hall–Kier alpha value is -2.82. The maximum atomic E-state index is 5.75. The molecular formula is C17H18N4O. The van der Waals surface area contributed by atoms with E-state index in [9.17, 15) is 0 Å². The van der Waals surface area contributed by atoms with Gasteiger partial charge in [0.1, 0.15) is 5.75 Å². The van der Waals surface area contributed by atoms with Crippen molar-refractivity contribution in [2.75, 3.05) is 5.73 Å². The number of benzene rings is 1. The summed E-state index contributed by atoms with van der Waals surface area (Å²) in [5.41, 5.74) is 8.63. The smallest absolute Gasteiger partial charge is 0.222 e. The molecule has 3 aromatic rings.